The molecule has 1 aromatic heterocycles. The normalized spacial score (nSPS) is 12.6. The van der Waals surface area contributed by atoms with E-state index in [0.717, 1.165) is 19.3 Å². The Labute approximate surface area is 138 Å². The van der Waals surface area contributed by atoms with E-state index in [1.54, 1.807) is 0 Å². The van der Waals surface area contributed by atoms with Gasteiger partial charge in [0.2, 0.25) is 0 Å². The second-order valence-electron chi connectivity index (χ2n) is 6.26. The molecule has 1 aliphatic carbocycles. The third kappa shape index (κ3) is 2.28. The Morgan fingerprint density at radius 1 is 0.913 bits per heavy atom. The molecule has 4 rings (SSSR count). The molecule has 114 valence electrons. The largest absolute Gasteiger partial charge is 0.252 e. The lowest BCUT2D eigenvalue weighted by Gasteiger charge is -2.25. The second kappa shape index (κ2) is 5.66. The van der Waals surface area contributed by atoms with Gasteiger partial charge in [0.1, 0.15) is 0 Å². The first-order valence-corrected chi connectivity index (χ1v) is 8.45. The van der Waals surface area contributed by atoms with Crippen molar-refractivity contribution in [2.75, 3.05) is 0 Å². The molecule has 3 aromatic rings. The third-order valence-electron chi connectivity index (χ3n) is 4.96. The molecule has 0 unspecified atom stereocenters. The molecule has 0 aliphatic heterocycles. The fourth-order valence-electron chi connectivity index (χ4n) is 3.81. The fraction of sp³-hybridized carbons (Fsp3) is 0.227. The number of aromatic nitrogens is 1. The fourth-order valence-corrected chi connectivity index (χ4v) is 3.81. The number of benzene rings is 2. The molecule has 1 heterocycles. The van der Waals surface area contributed by atoms with Crippen LogP contribution < -0.4 is 0 Å². The van der Waals surface area contributed by atoms with Crippen molar-refractivity contribution in [3.05, 3.63) is 77.0 Å². The van der Waals surface area contributed by atoms with E-state index in [0.29, 0.717) is 0 Å². The SMILES string of the molecule is CCc1nc2c(c(-c3ccccc3)c1C)CCc1ccccc1-2. The number of rotatable bonds is 2. The molecule has 0 amide bonds. The summed E-state index contributed by atoms with van der Waals surface area (Å²) in [5.41, 5.74) is 10.7. The maximum Gasteiger partial charge on any atom is 0.0746 e. The summed E-state index contributed by atoms with van der Waals surface area (Å²) in [6.45, 7) is 4.43. The molecular weight excluding hydrogens is 278 g/mol. The van der Waals surface area contributed by atoms with Crippen LogP contribution in [0.2, 0.25) is 0 Å². The van der Waals surface area contributed by atoms with Crippen molar-refractivity contribution in [2.24, 2.45) is 0 Å². The summed E-state index contributed by atoms with van der Waals surface area (Å²) < 4.78 is 0. The minimum atomic E-state index is 0.973. The van der Waals surface area contributed by atoms with Crippen LogP contribution >= 0.6 is 0 Å². The predicted octanol–water partition coefficient (Wildman–Crippen LogP) is 5.39. The highest BCUT2D eigenvalue weighted by atomic mass is 14.7. The summed E-state index contributed by atoms with van der Waals surface area (Å²) in [6.07, 6.45) is 3.16. The van der Waals surface area contributed by atoms with Crippen LogP contribution in [0.4, 0.5) is 0 Å². The van der Waals surface area contributed by atoms with Gasteiger partial charge in [-0.15, -0.1) is 0 Å². The molecule has 0 bridgehead atoms. The molecule has 0 saturated carbocycles. The lowest BCUT2D eigenvalue weighted by Crippen LogP contribution is -2.11. The Morgan fingerprint density at radius 3 is 2.43 bits per heavy atom. The monoisotopic (exact) mass is 299 g/mol. The highest BCUT2D eigenvalue weighted by molar-refractivity contribution is 5.81. The average Bonchev–Trinajstić information content (AvgIpc) is 2.61. The standard InChI is InChI=1S/C22H21N/c1-3-20-15(2)21(17-10-5-4-6-11-17)19-14-13-16-9-7-8-12-18(16)22(19)23-20/h4-12H,3,13-14H2,1-2H3. The lowest BCUT2D eigenvalue weighted by atomic mass is 9.82. The summed E-state index contributed by atoms with van der Waals surface area (Å²) >= 11 is 0. The molecular formula is C22H21N. The van der Waals surface area contributed by atoms with Crippen molar-refractivity contribution >= 4 is 0 Å². The highest BCUT2D eigenvalue weighted by Crippen LogP contribution is 2.40. The molecule has 1 aliphatic rings. The summed E-state index contributed by atoms with van der Waals surface area (Å²) in [7, 11) is 0. The van der Waals surface area contributed by atoms with E-state index in [-0.39, 0.29) is 0 Å². The van der Waals surface area contributed by atoms with Crippen LogP contribution in [0, 0.1) is 6.92 Å². The first-order valence-electron chi connectivity index (χ1n) is 8.45. The van der Waals surface area contributed by atoms with E-state index >= 15 is 0 Å². The molecule has 0 radical (unpaired) electrons. The van der Waals surface area contributed by atoms with Crippen molar-refractivity contribution in [1.82, 2.24) is 4.98 Å². The zero-order chi connectivity index (χ0) is 15.8. The molecule has 1 nitrogen and oxygen atoms in total. The van der Waals surface area contributed by atoms with E-state index in [1.807, 2.05) is 0 Å². The van der Waals surface area contributed by atoms with Gasteiger partial charge in [0.15, 0.2) is 0 Å². The first-order chi connectivity index (χ1) is 11.3. The Bertz CT molecular complexity index is 863. The van der Waals surface area contributed by atoms with Crippen LogP contribution in [0.5, 0.6) is 0 Å². The maximum atomic E-state index is 5.06. The van der Waals surface area contributed by atoms with Crippen LogP contribution in [0.15, 0.2) is 54.6 Å². The predicted molar refractivity (Wildman–Crippen MR) is 96.6 cm³/mol. The van der Waals surface area contributed by atoms with E-state index in [1.165, 1.54) is 44.8 Å². The van der Waals surface area contributed by atoms with E-state index < -0.39 is 0 Å². The summed E-state index contributed by atoms with van der Waals surface area (Å²) in [5, 5.41) is 0. The van der Waals surface area contributed by atoms with Crippen LogP contribution in [0.25, 0.3) is 22.4 Å². The number of nitrogens with zero attached hydrogens (tertiary/aromatic N) is 1. The summed E-state index contributed by atoms with van der Waals surface area (Å²) in [6, 6.07) is 19.5. The van der Waals surface area contributed by atoms with Crippen molar-refractivity contribution < 1.29 is 0 Å². The molecule has 0 saturated heterocycles. The summed E-state index contributed by atoms with van der Waals surface area (Å²) in [5.74, 6) is 0. The number of hydrogen-bond acceptors (Lipinski definition) is 1. The van der Waals surface area contributed by atoms with Gasteiger partial charge >= 0.3 is 0 Å². The van der Waals surface area contributed by atoms with Gasteiger partial charge in [0.05, 0.1) is 5.69 Å². The molecule has 2 aromatic carbocycles. The van der Waals surface area contributed by atoms with Gasteiger partial charge in [-0.25, -0.2) is 0 Å². The minimum absolute atomic E-state index is 0.973. The van der Waals surface area contributed by atoms with Gasteiger partial charge in [-0.05, 0) is 54.0 Å². The van der Waals surface area contributed by atoms with Gasteiger partial charge in [-0.2, -0.15) is 0 Å². The van der Waals surface area contributed by atoms with Crippen molar-refractivity contribution in [3.63, 3.8) is 0 Å². The Morgan fingerprint density at radius 2 is 1.65 bits per heavy atom. The van der Waals surface area contributed by atoms with Gasteiger partial charge in [-0.1, -0.05) is 61.5 Å². The zero-order valence-corrected chi connectivity index (χ0v) is 13.8. The topological polar surface area (TPSA) is 12.9 Å². The Kier molecular flexibility index (Phi) is 3.49. The van der Waals surface area contributed by atoms with E-state index in [2.05, 4.69) is 68.4 Å². The quantitative estimate of drug-likeness (QED) is 0.618. The smallest absolute Gasteiger partial charge is 0.0746 e. The summed E-state index contributed by atoms with van der Waals surface area (Å²) in [4.78, 5) is 5.06. The zero-order valence-electron chi connectivity index (χ0n) is 13.8. The van der Waals surface area contributed by atoms with Crippen molar-refractivity contribution in [3.8, 4) is 22.4 Å². The van der Waals surface area contributed by atoms with Crippen molar-refractivity contribution in [1.29, 1.82) is 0 Å². The van der Waals surface area contributed by atoms with Crippen LogP contribution in [0.3, 0.4) is 0 Å². The maximum absolute atomic E-state index is 5.06. The van der Waals surface area contributed by atoms with Crippen molar-refractivity contribution in [2.45, 2.75) is 33.1 Å². The van der Waals surface area contributed by atoms with Gasteiger partial charge < -0.3 is 0 Å². The van der Waals surface area contributed by atoms with E-state index in [9.17, 15) is 0 Å². The number of pyridine rings is 1. The highest BCUT2D eigenvalue weighted by Gasteiger charge is 2.23. The Balaban J connectivity index is 2.05. The van der Waals surface area contributed by atoms with Gasteiger partial charge in [-0.3, -0.25) is 4.98 Å². The molecule has 0 spiro atoms. The first kappa shape index (κ1) is 14.2. The minimum Gasteiger partial charge on any atom is -0.252 e. The molecule has 0 N–H and O–H groups in total. The molecule has 23 heavy (non-hydrogen) atoms. The molecule has 1 heteroatoms. The van der Waals surface area contributed by atoms with Crippen LogP contribution in [0.1, 0.15) is 29.3 Å². The third-order valence-corrected chi connectivity index (χ3v) is 4.96. The molecule has 0 atom stereocenters. The number of fused-ring (bicyclic) bond motifs is 3. The van der Waals surface area contributed by atoms with Gasteiger partial charge in [0.25, 0.3) is 0 Å². The molecule has 0 fully saturated rings. The number of hydrogen-bond donors (Lipinski definition) is 0. The van der Waals surface area contributed by atoms with Crippen LogP contribution in [-0.4, -0.2) is 4.98 Å². The lowest BCUT2D eigenvalue weighted by molar-refractivity contribution is 0.906. The van der Waals surface area contributed by atoms with Crippen LogP contribution in [-0.2, 0) is 19.3 Å². The number of aryl methyl sites for hydroxylation is 2. The second-order valence-corrected chi connectivity index (χ2v) is 6.26. The average molecular weight is 299 g/mol. The van der Waals surface area contributed by atoms with Gasteiger partial charge in [0, 0.05) is 11.3 Å². The van der Waals surface area contributed by atoms with E-state index in [4.69, 9.17) is 4.98 Å². The Hall–Kier alpha value is -2.41.